The maximum Gasteiger partial charge on any atom is 0.216 e. The Bertz CT molecular complexity index is 1270. The van der Waals surface area contributed by atoms with Crippen LogP contribution in [0.15, 0.2) is 66.0 Å². The summed E-state index contributed by atoms with van der Waals surface area (Å²) in [4.78, 5) is 21.5. The van der Waals surface area contributed by atoms with E-state index in [2.05, 4.69) is 20.2 Å². The van der Waals surface area contributed by atoms with Gasteiger partial charge in [-0.25, -0.2) is 9.67 Å². The van der Waals surface area contributed by atoms with Gasteiger partial charge < -0.3 is 9.47 Å². The van der Waals surface area contributed by atoms with Gasteiger partial charge in [0.2, 0.25) is 11.3 Å². The van der Waals surface area contributed by atoms with Crippen LogP contribution in [0.4, 0.5) is 0 Å². The first kappa shape index (κ1) is 21.4. The molecule has 0 saturated carbocycles. The van der Waals surface area contributed by atoms with Crippen molar-refractivity contribution in [1.29, 1.82) is 0 Å². The van der Waals surface area contributed by atoms with Crippen LogP contribution in [0, 0.1) is 0 Å². The highest BCUT2D eigenvalue weighted by Gasteiger charge is 2.16. The molecule has 0 saturated heterocycles. The zero-order valence-corrected chi connectivity index (χ0v) is 18.2. The molecular formula is C23H24N6O3. The number of aryl methyl sites for hydroxylation is 1. The molecule has 4 rings (SSSR count). The van der Waals surface area contributed by atoms with Crippen molar-refractivity contribution in [1.82, 2.24) is 29.5 Å². The summed E-state index contributed by atoms with van der Waals surface area (Å²) in [6.45, 7) is 2.85. The lowest BCUT2D eigenvalue weighted by atomic mass is 9.95. The molecule has 0 aliphatic carbocycles. The Morgan fingerprint density at radius 1 is 1.16 bits per heavy atom. The molecule has 0 radical (unpaired) electrons. The maximum absolute atomic E-state index is 12.6. The first-order chi connectivity index (χ1) is 15.5. The van der Waals surface area contributed by atoms with E-state index < -0.39 is 0 Å². The monoisotopic (exact) mass is 432 g/mol. The smallest absolute Gasteiger partial charge is 0.216 e. The van der Waals surface area contributed by atoms with Crippen LogP contribution >= 0.6 is 0 Å². The van der Waals surface area contributed by atoms with Gasteiger partial charge >= 0.3 is 0 Å². The van der Waals surface area contributed by atoms with E-state index in [0.717, 1.165) is 16.8 Å². The van der Waals surface area contributed by atoms with Crippen molar-refractivity contribution in [2.24, 2.45) is 7.05 Å². The summed E-state index contributed by atoms with van der Waals surface area (Å²) in [5.74, 6) is 0.796. The highest BCUT2D eigenvalue weighted by atomic mass is 16.5. The Labute approximate surface area is 185 Å². The van der Waals surface area contributed by atoms with E-state index >= 15 is 0 Å². The van der Waals surface area contributed by atoms with Gasteiger partial charge in [0.05, 0.1) is 19.0 Å². The lowest BCUT2D eigenvalue weighted by Crippen LogP contribution is -2.18. The minimum absolute atomic E-state index is 0.118. The predicted molar refractivity (Wildman–Crippen MR) is 119 cm³/mol. The van der Waals surface area contributed by atoms with E-state index in [4.69, 9.17) is 9.47 Å². The topological polar surface area (TPSA) is 97.0 Å². The number of nitrogens with zero attached hydrogens (tertiary/aromatic N) is 6. The van der Waals surface area contributed by atoms with E-state index in [9.17, 15) is 4.79 Å². The first-order valence-corrected chi connectivity index (χ1v) is 10.2. The second kappa shape index (κ2) is 9.52. The van der Waals surface area contributed by atoms with E-state index in [1.807, 2.05) is 44.4 Å². The lowest BCUT2D eigenvalue weighted by molar-refractivity contribution is 0.143. The Morgan fingerprint density at radius 2 is 2.03 bits per heavy atom. The summed E-state index contributed by atoms with van der Waals surface area (Å²) in [6.07, 6.45) is 6.85. The third-order valence-corrected chi connectivity index (χ3v) is 5.01. The molecule has 0 fully saturated rings. The van der Waals surface area contributed by atoms with Crippen LogP contribution in [0.5, 0.6) is 5.88 Å². The van der Waals surface area contributed by atoms with Crippen LogP contribution in [0.1, 0.15) is 24.1 Å². The molecule has 0 amide bonds. The van der Waals surface area contributed by atoms with Crippen molar-refractivity contribution in [2.45, 2.75) is 12.8 Å². The fourth-order valence-electron chi connectivity index (χ4n) is 3.29. The van der Waals surface area contributed by atoms with Crippen molar-refractivity contribution < 1.29 is 9.47 Å². The van der Waals surface area contributed by atoms with E-state index in [0.29, 0.717) is 30.6 Å². The Kier molecular flexibility index (Phi) is 6.37. The normalized spacial score (nSPS) is 12.0. The quantitative estimate of drug-likeness (QED) is 0.395. The van der Waals surface area contributed by atoms with Crippen LogP contribution in [0.25, 0.3) is 17.1 Å². The Morgan fingerprint density at radius 3 is 2.81 bits per heavy atom. The number of aromatic nitrogens is 6. The zero-order valence-electron chi connectivity index (χ0n) is 18.2. The van der Waals surface area contributed by atoms with E-state index in [1.165, 1.54) is 6.07 Å². The summed E-state index contributed by atoms with van der Waals surface area (Å²) in [5.41, 5.74) is 2.88. The first-order valence-electron chi connectivity index (χ1n) is 10.2. The number of ether oxygens (including phenoxy) is 2. The molecule has 3 heterocycles. The van der Waals surface area contributed by atoms with Gasteiger partial charge in [-0.15, -0.1) is 0 Å². The van der Waals surface area contributed by atoms with Crippen LogP contribution in [0.2, 0.25) is 0 Å². The summed E-state index contributed by atoms with van der Waals surface area (Å²) >= 11 is 0. The largest absolute Gasteiger partial charge is 0.475 e. The van der Waals surface area contributed by atoms with Crippen molar-refractivity contribution in [3.8, 4) is 23.0 Å². The van der Waals surface area contributed by atoms with Crippen LogP contribution in [-0.2, 0) is 11.8 Å². The molecule has 0 bridgehead atoms. The lowest BCUT2D eigenvalue weighted by Gasteiger charge is -2.14. The van der Waals surface area contributed by atoms with Crippen LogP contribution < -0.4 is 10.2 Å². The average molecular weight is 432 g/mol. The number of methoxy groups -OCH3 is 1. The molecule has 4 aromatic rings. The molecule has 32 heavy (non-hydrogen) atoms. The van der Waals surface area contributed by atoms with Gasteiger partial charge in [0.15, 0.2) is 5.82 Å². The van der Waals surface area contributed by atoms with Crippen molar-refractivity contribution in [3.63, 3.8) is 0 Å². The molecule has 0 N–H and O–H groups in total. The zero-order chi connectivity index (χ0) is 22.5. The summed E-state index contributed by atoms with van der Waals surface area (Å²) < 4.78 is 13.9. The molecule has 9 nitrogen and oxygen atoms in total. The second-order valence-corrected chi connectivity index (χ2v) is 7.29. The van der Waals surface area contributed by atoms with Gasteiger partial charge in [0, 0.05) is 50.2 Å². The molecule has 0 spiro atoms. The molecule has 0 aliphatic rings. The van der Waals surface area contributed by atoms with Crippen LogP contribution in [-0.4, -0.2) is 49.9 Å². The van der Waals surface area contributed by atoms with Crippen LogP contribution in [0.3, 0.4) is 0 Å². The van der Waals surface area contributed by atoms with Crippen molar-refractivity contribution in [2.75, 3.05) is 20.3 Å². The number of hydrogen-bond donors (Lipinski definition) is 0. The highest BCUT2D eigenvalue weighted by Crippen LogP contribution is 2.25. The van der Waals surface area contributed by atoms with Gasteiger partial charge in [-0.05, 0) is 11.6 Å². The summed E-state index contributed by atoms with van der Waals surface area (Å²) in [7, 11) is 3.45. The third-order valence-electron chi connectivity index (χ3n) is 5.01. The fourth-order valence-corrected chi connectivity index (χ4v) is 3.29. The van der Waals surface area contributed by atoms with Crippen molar-refractivity contribution >= 4 is 0 Å². The highest BCUT2D eigenvalue weighted by molar-refractivity contribution is 5.57. The van der Waals surface area contributed by atoms with Gasteiger partial charge in [0.25, 0.3) is 0 Å². The number of rotatable bonds is 8. The molecule has 3 aromatic heterocycles. The Hall–Kier alpha value is -3.85. The number of benzene rings is 1. The van der Waals surface area contributed by atoms with Gasteiger partial charge in [0.1, 0.15) is 18.0 Å². The van der Waals surface area contributed by atoms with Gasteiger partial charge in [-0.1, -0.05) is 25.1 Å². The molecule has 9 heteroatoms. The fraction of sp³-hybridized carbons (Fsp3) is 0.261. The van der Waals surface area contributed by atoms with Gasteiger partial charge in [-0.2, -0.15) is 15.2 Å². The van der Waals surface area contributed by atoms with Crippen molar-refractivity contribution in [3.05, 3.63) is 82.7 Å². The molecule has 1 aromatic carbocycles. The standard InChI is InChI=1S/C23H24N6O3/c1-16(22-20(30)8-10-29(27-22)19-14-25-28(2)15-19)17-5-4-6-18(13-17)23-24-9-7-21(26-23)32-12-11-31-3/h4-10,13-16H,11-12H2,1-3H3. The summed E-state index contributed by atoms with van der Waals surface area (Å²) in [5, 5.41) is 8.75. The second-order valence-electron chi connectivity index (χ2n) is 7.29. The molecule has 164 valence electrons. The third kappa shape index (κ3) is 4.73. The van der Waals surface area contributed by atoms with E-state index in [1.54, 1.807) is 41.1 Å². The Balaban J connectivity index is 1.63. The average Bonchev–Trinajstić information content (AvgIpc) is 3.26. The minimum atomic E-state index is -0.229. The molecular weight excluding hydrogens is 408 g/mol. The predicted octanol–water partition coefficient (Wildman–Crippen LogP) is 2.60. The molecule has 1 atom stereocenters. The van der Waals surface area contributed by atoms with E-state index in [-0.39, 0.29) is 11.3 Å². The number of hydrogen-bond acceptors (Lipinski definition) is 7. The molecule has 1 unspecified atom stereocenters. The summed E-state index contributed by atoms with van der Waals surface area (Å²) in [6, 6.07) is 11.0. The SMILES string of the molecule is COCCOc1ccnc(-c2cccc(C(C)c3nn(-c4cnn(C)c4)ccc3=O)c2)n1. The molecule has 0 aliphatic heterocycles. The van der Waals surface area contributed by atoms with Gasteiger partial charge in [-0.3, -0.25) is 9.48 Å². The minimum Gasteiger partial charge on any atom is -0.475 e. The maximum atomic E-state index is 12.6.